The molecule has 1 aromatic heterocycles. The molecule has 0 spiro atoms. The van der Waals surface area contributed by atoms with Crippen molar-refractivity contribution in [2.24, 2.45) is 0 Å². The van der Waals surface area contributed by atoms with E-state index in [1.54, 1.807) is 36.6 Å². The molecule has 2 heterocycles. The van der Waals surface area contributed by atoms with Gasteiger partial charge >= 0.3 is 5.97 Å². The lowest BCUT2D eigenvalue weighted by molar-refractivity contribution is -0.154. The number of carbonyl (C=O) groups is 2. The Labute approximate surface area is 148 Å². The van der Waals surface area contributed by atoms with Crippen molar-refractivity contribution >= 4 is 35.2 Å². The third kappa shape index (κ3) is 3.60. The summed E-state index contributed by atoms with van der Waals surface area (Å²) in [7, 11) is 0. The molecule has 2 atom stereocenters. The maximum absolute atomic E-state index is 12.4. The molecule has 0 N–H and O–H groups in total. The van der Waals surface area contributed by atoms with Crippen LogP contribution in [-0.4, -0.2) is 28.6 Å². The summed E-state index contributed by atoms with van der Waals surface area (Å²) in [6.45, 7) is 1.57. The van der Waals surface area contributed by atoms with Crippen molar-refractivity contribution in [3.05, 3.63) is 59.0 Å². The summed E-state index contributed by atoms with van der Waals surface area (Å²) in [5.41, 5.74) is 0.804. The SMILES string of the molecule is CC(=O)N1[C@H](C(=O)OCc2cccc(Cl)c2)CS[C@H]1c1ccco1. The van der Waals surface area contributed by atoms with Gasteiger partial charge in [0.1, 0.15) is 23.8 Å². The van der Waals surface area contributed by atoms with Crippen molar-refractivity contribution < 1.29 is 18.7 Å². The minimum Gasteiger partial charge on any atom is -0.466 e. The van der Waals surface area contributed by atoms with E-state index in [2.05, 4.69) is 0 Å². The van der Waals surface area contributed by atoms with Crippen LogP contribution in [0.3, 0.4) is 0 Å². The summed E-state index contributed by atoms with van der Waals surface area (Å²) in [5, 5.41) is 0.282. The molecule has 2 aromatic rings. The van der Waals surface area contributed by atoms with Gasteiger partial charge in [-0.25, -0.2) is 4.79 Å². The lowest BCUT2D eigenvalue weighted by Crippen LogP contribution is -2.42. The lowest BCUT2D eigenvalue weighted by Gasteiger charge is -2.25. The minimum absolute atomic E-state index is 0.123. The van der Waals surface area contributed by atoms with E-state index in [-0.39, 0.29) is 17.9 Å². The van der Waals surface area contributed by atoms with E-state index in [9.17, 15) is 9.59 Å². The number of hydrogen-bond acceptors (Lipinski definition) is 5. The molecule has 24 heavy (non-hydrogen) atoms. The van der Waals surface area contributed by atoms with Crippen LogP contribution in [0, 0.1) is 0 Å². The first kappa shape index (κ1) is 16.9. The van der Waals surface area contributed by atoms with Crippen LogP contribution in [0.15, 0.2) is 47.1 Å². The zero-order valence-electron chi connectivity index (χ0n) is 13.0. The molecule has 0 saturated carbocycles. The van der Waals surface area contributed by atoms with Gasteiger partial charge in [0.15, 0.2) is 0 Å². The lowest BCUT2D eigenvalue weighted by atomic mass is 10.2. The van der Waals surface area contributed by atoms with Crippen LogP contribution >= 0.6 is 23.4 Å². The monoisotopic (exact) mass is 365 g/mol. The first-order valence-electron chi connectivity index (χ1n) is 7.41. The average molecular weight is 366 g/mol. The summed E-state index contributed by atoms with van der Waals surface area (Å²) in [5.74, 6) is 0.512. The number of hydrogen-bond donors (Lipinski definition) is 0. The van der Waals surface area contributed by atoms with Crippen LogP contribution in [0.4, 0.5) is 0 Å². The highest BCUT2D eigenvalue weighted by Crippen LogP contribution is 2.41. The molecule has 0 aliphatic carbocycles. The Morgan fingerprint density at radius 1 is 1.38 bits per heavy atom. The van der Waals surface area contributed by atoms with Crippen molar-refractivity contribution in [2.45, 2.75) is 24.9 Å². The van der Waals surface area contributed by atoms with E-state index >= 15 is 0 Å². The zero-order valence-corrected chi connectivity index (χ0v) is 14.5. The van der Waals surface area contributed by atoms with Crippen molar-refractivity contribution in [1.82, 2.24) is 4.90 Å². The van der Waals surface area contributed by atoms with E-state index in [1.807, 2.05) is 6.07 Å². The number of nitrogens with zero attached hydrogens (tertiary/aromatic N) is 1. The highest BCUT2D eigenvalue weighted by Gasteiger charge is 2.43. The predicted octanol–water partition coefficient (Wildman–Crippen LogP) is 3.64. The molecule has 1 aromatic carbocycles. The predicted molar refractivity (Wildman–Crippen MR) is 91.5 cm³/mol. The number of carbonyl (C=O) groups excluding carboxylic acids is 2. The van der Waals surface area contributed by atoms with Crippen molar-refractivity contribution in [1.29, 1.82) is 0 Å². The number of amides is 1. The van der Waals surface area contributed by atoms with Gasteiger partial charge in [0, 0.05) is 17.7 Å². The average Bonchev–Trinajstić information content (AvgIpc) is 3.21. The Bertz CT molecular complexity index is 734. The largest absolute Gasteiger partial charge is 0.466 e. The van der Waals surface area contributed by atoms with E-state index in [0.29, 0.717) is 16.5 Å². The minimum atomic E-state index is -0.623. The molecule has 5 nitrogen and oxygen atoms in total. The molecule has 7 heteroatoms. The van der Waals surface area contributed by atoms with Gasteiger partial charge in [-0.15, -0.1) is 11.8 Å². The Hall–Kier alpha value is -1.92. The standard InChI is InChI=1S/C17H16ClNO4S/c1-11(20)19-14(10-24-16(19)15-6-3-7-22-15)17(21)23-9-12-4-2-5-13(18)8-12/h2-8,14,16H,9-10H2,1H3/t14-,16-/m0/s1. The second-order valence-corrected chi connectivity index (χ2v) is 6.93. The second kappa shape index (κ2) is 7.32. The van der Waals surface area contributed by atoms with E-state index in [0.717, 1.165) is 5.56 Å². The van der Waals surface area contributed by atoms with Gasteiger partial charge in [0.25, 0.3) is 0 Å². The maximum atomic E-state index is 12.4. The first-order chi connectivity index (χ1) is 11.6. The molecule has 126 valence electrons. The molecule has 0 bridgehead atoms. The van der Waals surface area contributed by atoms with Gasteiger partial charge < -0.3 is 14.1 Å². The quantitative estimate of drug-likeness (QED) is 0.774. The highest BCUT2D eigenvalue weighted by atomic mass is 35.5. The van der Waals surface area contributed by atoms with Crippen LogP contribution < -0.4 is 0 Å². The van der Waals surface area contributed by atoms with Crippen LogP contribution in [0.1, 0.15) is 23.6 Å². The second-order valence-electron chi connectivity index (χ2n) is 5.38. The van der Waals surface area contributed by atoms with Gasteiger partial charge in [-0.1, -0.05) is 23.7 Å². The summed E-state index contributed by atoms with van der Waals surface area (Å²) >= 11 is 7.41. The molecule has 1 fully saturated rings. The maximum Gasteiger partial charge on any atom is 0.330 e. The molecule has 3 rings (SSSR count). The summed E-state index contributed by atoms with van der Waals surface area (Å²) in [6, 6.07) is 10.1. The first-order valence-corrected chi connectivity index (χ1v) is 8.84. The Morgan fingerprint density at radius 3 is 2.88 bits per heavy atom. The van der Waals surface area contributed by atoms with Gasteiger partial charge in [-0.2, -0.15) is 0 Å². The molecule has 1 saturated heterocycles. The normalized spacial score (nSPS) is 20.2. The molecule has 1 aliphatic rings. The number of halogens is 1. The fourth-order valence-electron chi connectivity index (χ4n) is 2.60. The third-order valence-electron chi connectivity index (χ3n) is 3.69. The Morgan fingerprint density at radius 2 is 2.21 bits per heavy atom. The van der Waals surface area contributed by atoms with Crippen LogP contribution in [0.25, 0.3) is 0 Å². The van der Waals surface area contributed by atoms with Crippen LogP contribution in [0.2, 0.25) is 5.02 Å². The topological polar surface area (TPSA) is 59.8 Å². The van der Waals surface area contributed by atoms with Crippen LogP contribution in [-0.2, 0) is 20.9 Å². The molecular weight excluding hydrogens is 350 g/mol. The molecule has 0 unspecified atom stereocenters. The van der Waals surface area contributed by atoms with Crippen molar-refractivity contribution in [2.75, 3.05) is 5.75 Å². The molecular formula is C17H16ClNO4S. The van der Waals surface area contributed by atoms with E-state index < -0.39 is 12.0 Å². The van der Waals surface area contributed by atoms with Gasteiger partial charge in [-0.3, -0.25) is 4.79 Å². The Balaban J connectivity index is 1.68. The highest BCUT2D eigenvalue weighted by molar-refractivity contribution is 7.99. The fraction of sp³-hybridized carbons (Fsp3) is 0.294. The summed E-state index contributed by atoms with van der Waals surface area (Å²) < 4.78 is 10.8. The number of thioether (sulfide) groups is 1. The summed E-state index contributed by atoms with van der Waals surface area (Å²) in [6.07, 6.45) is 1.55. The number of rotatable bonds is 4. The van der Waals surface area contributed by atoms with Gasteiger partial charge in [0.05, 0.1) is 6.26 Å². The zero-order chi connectivity index (χ0) is 17.1. The molecule has 1 aliphatic heterocycles. The van der Waals surface area contributed by atoms with Crippen LogP contribution in [0.5, 0.6) is 0 Å². The van der Waals surface area contributed by atoms with E-state index in [4.69, 9.17) is 20.8 Å². The van der Waals surface area contributed by atoms with E-state index in [1.165, 1.54) is 23.6 Å². The number of ether oxygens (including phenoxy) is 1. The van der Waals surface area contributed by atoms with Crippen molar-refractivity contribution in [3.63, 3.8) is 0 Å². The number of benzene rings is 1. The number of esters is 1. The molecule has 1 amide bonds. The van der Waals surface area contributed by atoms with Gasteiger partial charge in [-0.05, 0) is 29.8 Å². The number of furan rings is 1. The Kier molecular flexibility index (Phi) is 5.16. The summed E-state index contributed by atoms with van der Waals surface area (Å²) in [4.78, 5) is 26.0. The van der Waals surface area contributed by atoms with Gasteiger partial charge in [0.2, 0.25) is 5.91 Å². The smallest absolute Gasteiger partial charge is 0.330 e. The molecule has 0 radical (unpaired) electrons. The van der Waals surface area contributed by atoms with Crippen molar-refractivity contribution in [3.8, 4) is 0 Å². The third-order valence-corrected chi connectivity index (χ3v) is 5.21. The fourth-order valence-corrected chi connectivity index (χ4v) is 4.23.